The Morgan fingerprint density at radius 3 is 2.31 bits per heavy atom. The fourth-order valence-corrected chi connectivity index (χ4v) is 1.50. The Kier molecular flexibility index (Phi) is 5.68. The van der Waals surface area contributed by atoms with Gasteiger partial charge >= 0.3 is 0 Å². The molecule has 0 saturated carbocycles. The standard InChI is InChI=1S/C14H21ClO/c1-4-12(3)13-5-7-14(8-6-13)16-10-11(2)9-15/h5-8,11-12H,4,9-10H2,1-3H3. The predicted octanol–water partition coefficient (Wildman–Crippen LogP) is 4.45. The summed E-state index contributed by atoms with van der Waals surface area (Å²) in [4.78, 5) is 0. The summed E-state index contributed by atoms with van der Waals surface area (Å²) in [5, 5.41) is 0. The average molecular weight is 241 g/mol. The van der Waals surface area contributed by atoms with Crippen LogP contribution in [0, 0.1) is 5.92 Å². The molecule has 0 spiro atoms. The van der Waals surface area contributed by atoms with Crippen LogP contribution in [-0.4, -0.2) is 12.5 Å². The van der Waals surface area contributed by atoms with Crippen LogP contribution in [-0.2, 0) is 0 Å². The molecule has 1 aromatic carbocycles. The third kappa shape index (κ3) is 4.05. The first-order valence-corrected chi connectivity index (χ1v) is 6.49. The van der Waals surface area contributed by atoms with Crippen LogP contribution in [0.4, 0.5) is 0 Å². The zero-order valence-electron chi connectivity index (χ0n) is 10.4. The smallest absolute Gasteiger partial charge is 0.119 e. The Labute approximate surface area is 104 Å². The highest BCUT2D eigenvalue weighted by Crippen LogP contribution is 2.21. The SMILES string of the molecule is CCC(C)c1ccc(OCC(C)CCl)cc1. The monoisotopic (exact) mass is 240 g/mol. The predicted molar refractivity (Wildman–Crippen MR) is 70.5 cm³/mol. The van der Waals surface area contributed by atoms with Crippen LogP contribution in [0.1, 0.15) is 38.7 Å². The number of halogens is 1. The van der Waals surface area contributed by atoms with E-state index in [-0.39, 0.29) is 0 Å². The third-order valence-electron chi connectivity index (χ3n) is 2.86. The van der Waals surface area contributed by atoms with Gasteiger partial charge in [-0.25, -0.2) is 0 Å². The summed E-state index contributed by atoms with van der Waals surface area (Å²) in [6, 6.07) is 8.38. The van der Waals surface area contributed by atoms with Crippen LogP contribution in [0.5, 0.6) is 5.75 Å². The van der Waals surface area contributed by atoms with Crippen molar-refractivity contribution in [2.24, 2.45) is 5.92 Å². The molecule has 0 saturated heterocycles. The molecule has 0 N–H and O–H groups in total. The number of ether oxygens (including phenoxy) is 1. The minimum absolute atomic E-state index is 0.399. The number of benzene rings is 1. The maximum atomic E-state index is 5.72. The van der Waals surface area contributed by atoms with E-state index >= 15 is 0 Å². The molecule has 2 atom stereocenters. The summed E-state index contributed by atoms with van der Waals surface area (Å²) in [6.45, 7) is 7.22. The number of hydrogen-bond acceptors (Lipinski definition) is 1. The highest BCUT2D eigenvalue weighted by atomic mass is 35.5. The molecular formula is C14H21ClO. The number of rotatable bonds is 6. The van der Waals surface area contributed by atoms with Gasteiger partial charge in [-0.3, -0.25) is 0 Å². The van der Waals surface area contributed by atoms with Crippen LogP contribution in [0.15, 0.2) is 24.3 Å². The fourth-order valence-electron chi connectivity index (χ4n) is 1.41. The Morgan fingerprint density at radius 2 is 1.81 bits per heavy atom. The molecule has 0 aliphatic heterocycles. The third-order valence-corrected chi connectivity index (χ3v) is 3.39. The molecule has 0 amide bonds. The second-order valence-corrected chi connectivity index (χ2v) is 4.76. The summed E-state index contributed by atoms with van der Waals surface area (Å²) in [5.74, 6) is 2.60. The molecule has 1 rings (SSSR count). The van der Waals surface area contributed by atoms with E-state index in [1.54, 1.807) is 0 Å². The lowest BCUT2D eigenvalue weighted by atomic mass is 9.99. The van der Waals surface area contributed by atoms with E-state index in [2.05, 4.69) is 32.9 Å². The molecule has 1 nitrogen and oxygen atoms in total. The molecular weight excluding hydrogens is 220 g/mol. The van der Waals surface area contributed by atoms with Gasteiger partial charge in [-0.05, 0) is 30.0 Å². The van der Waals surface area contributed by atoms with Gasteiger partial charge in [-0.15, -0.1) is 11.6 Å². The van der Waals surface area contributed by atoms with E-state index in [4.69, 9.17) is 16.3 Å². The lowest BCUT2D eigenvalue weighted by Crippen LogP contribution is -2.09. The summed E-state index contributed by atoms with van der Waals surface area (Å²) < 4.78 is 5.64. The maximum Gasteiger partial charge on any atom is 0.119 e. The van der Waals surface area contributed by atoms with Gasteiger partial charge in [0.05, 0.1) is 6.61 Å². The van der Waals surface area contributed by atoms with Crippen molar-refractivity contribution < 1.29 is 4.74 Å². The van der Waals surface area contributed by atoms with Gasteiger partial charge in [0.1, 0.15) is 5.75 Å². The Hall–Kier alpha value is -0.690. The van der Waals surface area contributed by atoms with Gasteiger partial charge in [0.25, 0.3) is 0 Å². The largest absolute Gasteiger partial charge is 0.493 e. The molecule has 2 unspecified atom stereocenters. The summed E-state index contributed by atoms with van der Waals surface area (Å²) in [6.07, 6.45) is 1.17. The van der Waals surface area contributed by atoms with Crippen molar-refractivity contribution in [3.8, 4) is 5.75 Å². The minimum Gasteiger partial charge on any atom is -0.493 e. The minimum atomic E-state index is 0.399. The van der Waals surface area contributed by atoms with E-state index in [0.29, 0.717) is 24.3 Å². The fraction of sp³-hybridized carbons (Fsp3) is 0.571. The van der Waals surface area contributed by atoms with Gasteiger partial charge in [-0.2, -0.15) is 0 Å². The van der Waals surface area contributed by atoms with Crippen molar-refractivity contribution in [3.63, 3.8) is 0 Å². The molecule has 0 heterocycles. The van der Waals surface area contributed by atoms with Crippen LogP contribution in [0.2, 0.25) is 0 Å². The van der Waals surface area contributed by atoms with Gasteiger partial charge in [0.2, 0.25) is 0 Å². The zero-order valence-corrected chi connectivity index (χ0v) is 11.1. The zero-order chi connectivity index (χ0) is 12.0. The van der Waals surface area contributed by atoms with Gasteiger partial charge in [-0.1, -0.05) is 32.9 Å². The summed E-state index contributed by atoms with van der Waals surface area (Å²) in [5.41, 5.74) is 1.38. The topological polar surface area (TPSA) is 9.23 Å². The lowest BCUT2D eigenvalue weighted by Gasteiger charge is -2.12. The first kappa shape index (κ1) is 13.4. The van der Waals surface area contributed by atoms with Crippen molar-refractivity contribution in [3.05, 3.63) is 29.8 Å². The van der Waals surface area contributed by atoms with Crippen molar-refractivity contribution >= 4 is 11.6 Å². The molecule has 0 aliphatic carbocycles. The first-order chi connectivity index (χ1) is 7.67. The van der Waals surface area contributed by atoms with Crippen molar-refractivity contribution in [2.45, 2.75) is 33.1 Å². The van der Waals surface area contributed by atoms with Crippen molar-refractivity contribution in [1.82, 2.24) is 0 Å². The van der Waals surface area contributed by atoms with Crippen LogP contribution < -0.4 is 4.74 Å². The quantitative estimate of drug-likeness (QED) is 0.668. The Bertz CT molecular complexity index is 294. The highest BCUT2D eigenvalue weighted by molar-refractivity contribution is 6.18. The average Bonchev–Trinajstić information content (AvgIpc) is 2.35. The van der Waals surface area contributed by atoms with E-state index in [1.165, 1.54) is 12.0 Å². The molecule has 0 bridgehead atoms. The van der Waals surface area contributed by atoms with E-state index < -0.39 is 0 Å². The molecule has 0 radical (unpaired) electrons. The highest BCUT2D eigenvalue weighted by Gasteiger charge is 2.04. The number of hydrogen-bond donors (Lipinski definition) is 0. The van der Waals surface area contributed by atoms with E-state index in [0.717, 1.165) is 5.75 Å². The normalized spacial score (nSPS) is 14.5. The van der Waals surface area contributed by atoms with E-state index in [1.807, 2.05) is 12.1 Å². The molecule has 90 valence electrons. The van der Waals surface area contributed by atoms with E-state index in [9.17, 15) is 0 Å². The van der Waals surface area contributed by atoms with Crippen molar-refractivity contribution in [1.29, 1.82) is 0 Å². The van der Waals surface area contributed by atoms with Crippen LogP contribution in [0.3, 0.4) is 0 Å². The molecule has 0 fully saturated rings. The molecule has 16 heavy (non-hydrogen) atoms. The van der Waals surface area contributed by atoms with Gasteiger partial charge < -0.3 is 4.74 Å². The Balaban J connectivity index is 2.51. The molecule has 1 aromatic rings. The molecule has 2 heteroatoms. The second kappa shape index (κ2) is 6.80. The van der Waals surface area contributed by atoms with Crippen LogP contribution >= 0.6 is 11.6 Å². The number of alkyl halides is 1. The van der Waals surface area contributed by atoms with Gasteiger partial charge in [0.15, 0.2) is 0 Å². The molecule has 0 aliphatic rings. The maximum absolute atomic E-state index is 5.72. The van der Waals surface area contributed by atoms with Crippen LogP contribution in [0.25, 0.3) is 0 Å². The van der Waals surface area contributed by atoms with Gasteiger partial charge in [0, 0.05) is 11.8 Å². The lowest BCUT2D eigenvalue weighted by molar-refractivity contribution is 0.272. The van der Waals surface area contributed by atoms with Crippen molar-refractivity contribution in [2.75, 3.05) is 12.5 Å². The summed E-state index contributed by atoms with van der Waals surface area (Å²) >= 11 is 5.72. The Morgan fingerprint density at radius 1 is 1.19 bits per heavy atom. The second-order valence-electron chi connectivity index (χ2n) is 4.45. The first-order valence-electron chi connectivity index (χ1n) is 5.96. The summed E-state index contributed by atoms with van der Waals surface area (Å²) in [7, 11) is 0. The molecule has 0 aromatic heterocycles.